The third-order valence-electron chi connectivity index (χ3n) is 7.20. The number of hydrogen-bond acceptors (Lipinski definition) is 5. The Bertz CT molecular complexity index is 1070. The third-order valence-corrected chi connectivity index (χ3v) is 7.57. The van der Waals surface area contributed by atoms with Crippen LogP contribution in [0, 0.1) is 11.6 Å². The van der Waals surface area contributed by atoms with Crippen molar-refractivity contribution in [2.75, 3.05) is 26.3 Å². The van der Waals surface area contributed by atoms with Crippen LogP contribution < -0.4 is 0 Å². The fraction of sp³-hybridized carbons (Fsp3) is 0.567. The molecule has 1 saturated heterocycles. The van der Waals surface area contributed by atoms with Crippen molar-refractivity contribution in [1.29, 1.82) is 0 Å². The number of aliphatic hydroxyl groups excluding tert-OH is 1. The van der Waals surface area contributed by atoms with Gasteiger partial charge in [-0.05, 0) is 92.4 Å². The van der Waals surface area contributed by atoms with Crippen LogP contribution in [0.4, 0.5) is 8.78 Å². The van der Waals surface area contributed by atoms with Crippen molar-refractivity contribution >= 4 is 17.6 Å². The Labute approximate surface area is 230 Å². The molecule has 1 heterocycles. The van der Waals surface area contributed by atoms with Gasteiger partial charge in [0.25, 0.3) is 0 Å². The zero-order valence-electron chi connectivity index (χ0n) is 22.7. The van der Waals surface area contributed by atoms with E-state index in [1.807, 2.05) is 13.0 Å². The number of β-amino-alcohol motifs (C(OH)–C–C–N with tert-alkyl or cyclic N) is 1. The molecule has 8 heteroatoms. The molecule has 0 bridgehead atoms. The van der Waals surface area contributed by atoms with Gasteiger partial charge in [0, 0.05) is 24.0 Å². The number of carbonyl (C=O) groups is 1. The van der Waals surface area contributed by atoms with Crippen LogP contribution >= 0.6 is 11.6 Å². The number of esters is 1. The van der Waals surface area contributed by atoms with Gasteiger partial charge < -0.3 is 14.6 Å². The Morgan fingerprint density at radius 2 is 1.92 bits per heavy atom. The molecule has 0 amide bonds. The minimum absolute atomic E-state index is 0.0642. The number of halogens is 3. The summed E-state index contributed by atoms with van der Waals surface area (Å²) in [5.74, 6) is -2.32. The van der Waals surface area contributed by atoms with Gasteiger partial charge in [0.05, 0.1) is 25.4 Å². The minimum Gasteiger partial charge on any atom is -0.466 e. The lowest BCUT2D eigenvalue weighted by atomic mass is 9.96. The number of hydrogen-bond donors (Lipinski definition) is 1. The first-order chi connectivity index (χ1) is 18.2. The molecular formula is C30H40ClF2NO4. The highest BCUT2D eigenvalue weighted by molar-refractivity contribution is 6.31. The van der Waals surface area contributed by atoms with Gasteiger partial charge in [-0.1, -0.05) is 37.6 Å². The average Bonchev–Trinajstić information content (AvgIpc) is 3.32. The monoisotopic (exact) mass is 551 g/mol. The number of ether oxygens (including phenoxy) is 2. The Balaban J connectivity index is 1.60. The lowest BCUT2D eigenvalue weighted by Crippen LogP contribution is -2.39. The number of aliphatic hydroxyl groups is 1. The van der Waals surface area contributed by atoms with Gasteiger partial charge in [0.15, 0.2) is 11.6 Å². The summed E-state index contributed by atoms with van der Waals surface area (Å²) >= 11 is 6.28. The highest BCUT2D eigenvalue weighted by Gasteiger charge is 2.27. The first-order valence-electron chi connectivity index (χ1n) is 13.7. The lowest BCUT2D eigenvalue weighted by molar-refractivity contribution is -0.143. The highest BCUT2D eigenvalue weighted by Crippen LogP contribution is 2.29. The van der Waals surface area contributed by atoms with E-state index in [1.54, 1.807) is 6.92 Å². The predicted molar refractivity (Wildman–Crippen MR) is 145 cm³/mol. The summed E-state index contributed by atoms with van der Waals surface area (Å²) in [5, 5.41) is 11.6. The fourth-order valence-electron chi connectivity index (χ4n) is 5.23. The second-order valence-electron chi connectivity index (χ2n) is 9.93. The molecule has 0 aliphatic carbocycles. The maximum absolute atomic E-state index is 14.2. The van der Waals surface area contributed by atoms with Crippen LogP contribution in [-0.2, 0) is 33.5 Å². The molecule has 5 nitrogen and oxygen atoms in total. The predicted octanol–water partition coefficient (Wildman–Crippen LogP) is 6.21. The van der Waals surface area contributed by atoms with Crippen molar-refractivity contribution in [2.45, 2.75) is 84.0 Å². The third kappa shape index (κ3) is 8.47. The number of carbonyl (C=O) groups excluding carboxylic acids is 1. The van der Waals surface area contributed by atoms with E-state index in [0.717, 1.165) is 54.9 Å². The fourth-order valence-corrected chi connectivity index (χ4v) is 5.48. The largest absolute Gasteiger partial charge is 0.466 e. The Morgan fingerprint density at radius 1 is 1.16 bits per heavy atom. The molecule has 1 unspecified atom stereocenters. The van der Waals surface area contributed by atoms with Crippen LogP contribution in [0.15, 0.2) is 30.3 Å². The summed E-state index contributed by atoms with van der Waals surface area (Å²) in [5.41, 5.74) is 3.39. The molecule has 210 valence electrons. The zero-order chi connectivity index (χ0) is 27.7. The molecular weight excluding hydrogens is 512 g/mol. The van der Waals surface area contributed by atoms with Crippen molar-refractivity contribution in [3.8, 4) is 0 Å². The number of nitrogens with zero attached hydrogens (tertiary/aromatic N) is 1. The van der Waals surface area contributed by atoms with Gasteiger partial charge in [-0.15, -0.1) is 0 Å². The highest BCUT2D eigenvalue weighted by atomic mass is 35.5. The topological polar surface area (TPSA) is 59.0 Å². The molecule has 1 aliphatic heterocycles. The first-order valence-corrected chi connectivity index (χ1v) is 14.1. The molecule has 0 spiro atoms. The second-order valence-corrected chi connectivity index (χ2v) is 10.3. The van der Waals surface area contributed by atoms with Gasteiger partial charge in [-0.3, -0.25) is 9.69 Å². The van der Waals surface area contributed by atoms with E-state index < -0.39 is 29.8 Å². The van der Waals surface area contributed by atoms with E-state index in [-0.39, 0.29) is 26.1 Å². The first kappa shape index (κ1) is 30.5. The molecule has 0 radical (unpaired) electrons. The molecule has 0 saturated carbocycles. The van der Waals surface area contributed by atoms with E-state index >= 15 is 0 Å². The summed E-state index contributed by atoms with van der Waals surface area (Å²) in [6, 6.07) is 8.81. The average molecular weight is 552 g/mol. The van der Waals surface area contributed by atoms with Crippen LogP contribution in [0.25, 0.3) is 0 Å². The zero-order valence-corrected chi connectivity index (χ0v) is 23.4. The number of benzene rings is 2. The summed E-state index contributed by atoms with van der Waals surface area (Å²) < 4.78 is 39.2. The van der Waals surface area contributed by atoms with Gasteiger partial charge in [-0.2, -0.15) is 0 Å². The molecule has 3 atom stereocenters. The summed E-state index contributed by atoms with van der Waals surface area (Å²) in [7, 11) is 0. The second kappa shape index (κ2) is 14.9. The van der Waals surface area contributed by atoms with Crippen LogP contribution in [0.5, 0.6) is 0 Å². The molecule has 1 fully saturated rings. The molecule has 3 rings (SSSR count). The maximum atomic E-state index is 14.2. The molecule has 2 aromatic rings. The normalized spacial score (nSPS) is 17.5. The Hall–Kier alpha value is -2.06. The van der Waals surface area contributed by atoms with Crippen molar-refractivity contribution in [2.24, 2.45) is 0 Å². The smallest absolute Gasteiger partial charge is 0.306 e. The molecule has 1 N–H and O–H groups in total. The van der Waals surface area contributed by atoms with Gasteiger partial charge in [-0.25, -0.2) is 8.78 Å². The van der Waals surface area contributed by atoms with Crippen molar-refractivity contribution in [1.82, 2.24) is 4.90 Å². The SMILES string of the molecule is CCOC(=O)CCc1cc(F)c(F)cc1[C@@H](CC)OC[C@H](O)CN1CCCC1Cc1ccc(Cl)c(CC)c1. The van der Waals surface area contributed by atoms with Crippen molar-refractivity contribution in [3.05, 3.63) is 69.2 Å². The molecule has 0 aromatic heterocycles. The van der Waals surface area contributed by atoms with E-state index in [9.17, 15) is 18.7 Å². The summed E-state index contributed by atoms with van der Waals surface area (Å²) in [4.78, 5) is 14.1. The minimum atomic E-state index is -0.964. The van der Waals surface area contributed by atoms with Crippen molar-refractivity contribution < 1.29 is 28.2 Å². The Kier molecular flexibility index (Phi) is 12.0. The summed E-state index contributed by atoms with van der Waals surface area (Å²) in [6.45, 7) is 7.42. The molecule has 1 aliphatic rings. The van der Waals surface area contributed by atoms with Crippen LogP contribution in [-0.4, -0.2) is 54.4 Å². The number of aryl methyl sites for hydroxylation is 2. The maximum Gasteiger partial charge on any atom is 0.306 e. The van der Waals surface area contributed by atoms with E-state index in [0.29, 0.717) is 30.1 Å². The van der Waals surface area contributed by atoms with Crippen LogP contribution in [0.1, 0.15) is 74.8 Å². The standard InChI is InChI=1S/C30H40ClF2NO4/c1-4-21-14-20(9-11-26(21)31)15-23-8-7-13-34(23)18-24(35)19-38-29(5-2)25-17-28(33)27(32)16-22(25)10-12-30(36)37-6-3/h9,11,14,16-17,23-24,29,35H,4-8,10,12-13,15,18-19H2,1-3H3/t23?,24-,29-/m1/s1. The van der Waals surface area contributed by atoms with Crippen LogP contribution in [0.3, 0.4) is 0 Å². The van der Waals surface area contributed by atoms with E-state index in [4.69, 9.17) is 21.1 Å². The number of likely N-dealkylation sites (tertiary alicyclic amines) is 1. The quantitative estimate of drug-likeness (QED) is 0.283. The molecule has 2 aromatic carbocycles. The van der Waals surface area contributed by atoms with Crippen molar-refractivity contribution in [3.63, 3.8) is 0 Å². The molecule has 38 heavy (non-hydrogen) atoms. The Morgan fingerprint density at radius 3 is 2.63 bits per heavy atom. The van der Waals surface area contributed by atoms with Crippen LogP contribution in [0.2, 0.25) is 5.02 Å². The summed E-state index contributed by atoms with van der Waals surface area (Å²) in [6.07, 6.45) is 3.44. The van der Waals surface area contributed by atoms with Gasteiger partial charge in [0.2, 0.25) is 0 Å². The van der Waals surface area contributed by atoms with E-state index in [2.05, 4.69) is 24.0 Å². The van der Waals surface area contributed by atoms with Gasteiger partial charge in [0.1, 0.15) is 0 Å². The van der Waals surface area contributed by atoms with Gasteiger partial charge >= 0.3 is 5.97 Å². The number of rotatable bonds is 14. The van der Waals surface area contributed by atoms with E-state index in [1.165, 1.54) is 5.56 Å². The lowest BCUT2D eigenvalue weighted by Gasteiger charge is -2.28.